The van der Waals surface area contributed by atoms with Gasteiger partial charge >= 0.3 is 12.0 Å². The van der Waals surface area contributed by atoms with Crippen LogP contribution in [0.5, 0.6) is 0 Å². The van der Waals surface area contributed by atoms with Crippen molar-refractivity contribution in [3.63, 3.8) is 0 Å². The van der Waals surface area contributed by atoms with Crippen LogP contribution in [0, 0.1) is 5.92 Å². The Morgan fingerprint density at radius 2 is 1.67 bits per heavy atom. The lowest BCUT2D eigenvalue weighted by atomic mass is 9.86. The summed E-state index contributed by atoms with van der Waals surface area (Å²) in [5.74, 6) is -0.945. The summed E-state index contributed by atoms with van der Waals surface area (Å²) < 4.78 is 0. The van der Waals surface area contributed by atoms with Crippen molar-refractivity contribution in [2.45, 2.75) is 63.6 Å². The van der Waals surface area contributed by atoms with Gasteiger partial charge in [0, 0.05) is 24.7 Å². The Kier molecular flexibility index (Phi) is 5.45. The van der Waals surface area contributed by atoms with Crippen molar-refractivity contribution in [3.8, 4) is 0 Å². The van der Waals surface area contributed by atoms with E-state index in [0.717, 1.165) is 32.2 Å². The summed E-state index contributed by atoms with van der Waals surface area (Å²) in [5.41, 5.74) is 0. The van der Waals surface area contributed by atoms with E-state index < -0.39 is 5.97 Å². The van der Waals surface area contributed by atoms with Gasteiger partial charge < -0.3 is 20.6 Å². The van der Waals surface area contributed by atoms with Crippen LogP contribution < -0.4 is 10.6 Å². The number of piperidine rings is 1. The maximum atomic E-state index is 12.0. The van der Waals surface area contributed by atoms with E-state index in [-0.39, 0.29) is 24.0 Å². The molecule has 1 heterocycles. The number of carboxylic acids is 1. The summed E-state index contributed by atoms with van der Waals surface area (Å²) in [6, 6.07) is 0.751. The van der Waals surface area contributed by atoms with Gasteiger partial charge in [0.2, 0.25) is 0 Å². The zero-order valence-electron chi connectivity index (χ0n) is 13.0. The molecule has 2 fully saturated rings. The molecule has 6 nitrogen and oxygen atoms in total. The fourth-order valence-corrected chi connectivity index (χ4v) is 3.32. The zero-order chi connectivity index (χ0) is 15.4. The van der Waals surface area contributed by atoms with Crippen LogP contribution in [0.25, 0.3) is 0 Å². The number of hydrogen-bond acceptors (Lipinski definition) is 3. The number of rotatable bonds is 3. The highest BCUT2D eigenvalue weighted by atomic mass is 16.4. The van der Waals surface area contributed by atoms with Crippen molar-refractivity contribution in [2.75, 3.05) is 13.6 Å². The molecule has 2 amide bonds. The zero-order valence-corrected chi connectivity index (χ0v) is 13.0. The molecule has 2 aliphatic rings. The first kappa shape index (κ1) is 16.1. The van der Waals surface area contributed by atoms with Crippen molar-refractivity contribution in [1.29, 1.82) is 0 Å². The lowest BCUT2D eigenvalue weighted by Crippen LogP contribution is -2.52. The van der Waals surface area contributed by atoms with Gasteiger partial charge in [0.15, 0.2) is 0 Å². The lowest BCUT2D eigenvalue weighted by Gasteiger charge is -2.35. The standard InChI is InChI=1S/C15H27N3O3/c1-10-9-13(7-8-18(10)2)17-15(21)16-12-5-3-11(4-6-12)14(19)20/h10-13H,3-9H2,1-2H3,(H,19,20)(H2,16,17,21). The van der Waals surface area contributed by atoms with Crippen LogP contribution >= 0.6 is 0 Å². The molecule has 2 unspecified atom stereocenters. The molecule has 2 rings (SSSR count). The molecule has 0 aromatic heterocycles. The fraction of sp³-hybridized carbons (Fsp3) is 0.867. The van der Waals surface area contributed by atoms with E-state index in [4.69, 9.17) is 5.11 Å². The largest absolute Gasteiger partial charge is 0.481 e. The second-order valence-corrected chi connectivity index (χ2v) is 6.56. The van der Waals surface area contributed by atoms with Crippen molar-refractivity contribution in [1.82, 2.24) is 15.5 Å². The van der Waals surface area contributed by atoms with Gasteiger partial charge in [-0.2, -0.15) is 0 Å². The molecule has 6 heteroatoms. The quantitative estimate of drug-likeness (QED) is 0.735. The minimum absolute atomic E-state index is 0.101. The fourth-order valence-electron chi connectivity index (χ4n) is 3.32. The number of likely N-dealkylation sites (tertiary alicyclic amines) is 1. The maximum absolute atomic E-state index is 12.0. The summed E-state index contributed by atoms with van der Waals surface area (Å²) in [5, 5.41) is 15.0. The van der Waals surface area contributed by atoms with E-state index in [1.165, 1.54) is 0 Å². The molecule has 1 saturated heterocycles. The number of carbonyl (C=O) groups is 2. The number of amides is 2. The summed E-state index contributed by atoms with van der Waals surface area (Å²) in [6.45, 7) is 3.19. The smallest absolute Gasteiger partial charge is 0.315 e. The number of nitrogens with one attached hydrogen (secondary N) is 2. The normalized spacial score (nSPS) is 34.2. The van der Waals surface area contributed by atoms with Gasteiger partial charge in [-0.25, -0.2) is 4.79 Å². The molecule has 0 aromatic carbocycles. The number of carbonyl (C=O) groups excluding carboxylic acids is 1. The molecular weight excluding hydrogens is 270 g/mol. The highest BCUT2D eigenvalue weighted by Crippen LogP contribution is 2.24. The lowest BCUT2D eigenvalue weighted by molar-refractivity contribution is -0.142. The minimum Gasteiger partial charge on any atom is -0.481 e. The Balaban J connectivity index is 1.69. The predicted octanol–water partition coefficient (Wildman–Crippen LogP) is 1.41. The Hall–Kier alpha value is -1.30. The molecule has 3 N–H and O–H groups in total. The van der Waals surface area contributed by atoms with Crippen LogP contribution in [0.2, 0.25) is 0 Å². The number of aliphatic carboxylic acids is 1. The van der Waals surface area contributed by atoms with Gasteiger partial charge in [0.05, 0.1) is 5.92 Å². The molecule has 2 atom stereocenters. The number of nitrogens with zero attached hydrogens (tertiary/aromatic N) is 1. The van der Waals surface area contributed by atoms with Crippen molar-refractivity contribution >= 4 is 12.0 Å². The van der Waals surface area contributed by atoms with E-state index in [2.05, 4.69) is 29.5 Å². The summed E-state index contributed by atoms with van der Waals surface area (Å²) in [7, 11) is 2.11. The molecule has 0 radical (unpaired) electrons. The average molecular weight is 297 g/mol. The SMILES string of the molecule is CC1CC(NC(=O)NC2CCC(C(=O)O)CC2)CCN1C. The van der Waals surface area contributed by atoms with E-state index in [9.17, 15) is 9.59 Å². The van der Waals surface area contributed by atoms with Crippen LogP contribution in [0.4, 0.5) is 4.79 Å². The molecule has 1 aliphatic heterocycles. The number of hydrogen-bond donors (Lipinski definition) is 3. The van der Waals surface area contributed by atoms with Gasteiger partial charge in [-0.15, -0.1) is 0 Å². The number of urea groups is 1. The van der Waals surface area contributed by atoms with E-state index in [1.807, 2.05) is 0 Å². The first-order valence-electron chi connectivity index (χ1n) is 7.95. The first-order valence-corrected chi connectivity index (χ1v) is 7.95. The van der Waals surface area contributed by atoms with Crippen LogP contribution in [-0.2, 0) is 4.79 Å². The Bertz CT molecular complexity index is 380. The molecule has 21 heavy (non-hydrogen) atoms. The van der Waals surface area contributed by atoms with Crippen molar-refractivity contribution < 1.29 is 14.7 Å². The van der Waals surface area contributed by atoms with Crippen LogP contribution in [0.15, 0.2) is 0 Å². The Morgan fingerprint density at radius 3 is 2.24 bits per heavy atom. The monoisotopic (exact) mass is 297 g/mol. The van der Waals surface area contributed by atoms with Gasteiger partial charge in [-0.05, 0) is 52.5 Å². The van der Waals surface area contributed by atoms with E-state index >= 15 is 0 Å². The predicted molar refractivity (Wildman–Crippen MR) is 80.2 cm³/mol. The molecule has 0 bridgehead atoms. The molecule has 0 spiro atoms. The van der Waals surface area contributed by atoms with E-state index in [0.29, 0.717) is 18.9 Å². The van der Waals surface area contributed by atoms with Crippen LogP contribution in [0.1, 0.15) is 45.4 Å². The van der Waals surface area contributed by atoms with E-state index in [1.54, 1.807) is 0 Å². The first-order chi connectivity index (χ1) is 9.95. The third kappa shape index (κ3) is 4.59. The van der Waals surface area contributed by atoms with Crippen LogP contribution in [0.3, 0.4) is 0 Å². The topological polar surface area (TPSA) is 81.7 Å². The third-order valence-corrected chi connectivity index (χ3v) is 4.96. The van der Waals surface area contributed by atoms with Crippen molar-refractivity contribution in [3.05, 3.63) is 0 Å². The molecule has 1 aliphatic carbocycles. The minimum atomic E-state index is -0.710. The number of carboxylic acid groups (broad SMARTS) is 1. The maximum Gasteiger partial charge on any atom is 0.315 e. The highest BCUT2D eigenvalue weighted by Gasteiger charge is 2.28. The second-order valence-electron chi connectivity index (χ2n) is 6.56. The Labute approximate surface area is 126 Å². The van der Waals surface area contributed by atoms with Gasteiger partial charge in [-0.3, -0.25) is 4.79 Å². The van der Waals surface area contributed by atoms with Gasteiger partial charge in [-0.1, -0.05) is 0 Å². The summed E-state index contributed by atoms with van der Waals surface area (Å²) >= 11 is 0. The highest BCUT2D eigenvalue weighted by molar-refractivity contribution is 5.74. The molecular formula is C15H27N3O3. The Morgan fingerprint density at radius 1 is 1.05 bits per heavy atom. The van der Waals surface area contributed by atoms with Crippen LogP contribution in [-0.4, -0.2) is 53.7 Å². The molecule has 120 valence electrons. The van der Waals surface area contributed by atoms with Crippen molar-refractivity contribution in [2.24, 2.45) is 5.92 Å². The summed E-state index contributed by atoms with van der Waals surface area (Å²) in [4.78, 5) is 25.2. The summed E-state index contributed by atoms with van der Waals surface area (Å²) in [6.07, 6.45) is 4.80. The van der Waals surface area contributed by atoms with Gasteiger partial charge in [0.1, 0.15) is 0 Å². The average Bonchev–Trinajstić information content (AvgIpc) is 2.43. The second kappa shape index (κ2) is 7.11. The molecule has 0 aromatic rings. The molecule has 1 saturated carbocycles. The third-order valence-electron chi connectivity index (χ3n) is 4.96. The van der Waals surface area contributed by atoms with Gasteiger partial charge in [0.25, 0.3) is 0 Å².